The molecule has 0 aliphatic heterocycles. The summed E-state index contributed by atoms with van der Waals surface area (Å²) in [6.45, 7) is 1.20. The Labute approximate surface area is 116 Å². The maximum atomic E-state index is 11.9. The number of Topliss-reactive ketones (excluding diaryl/α,β-unsaturated/α-hetero) is 1. The summed E-state index contributed by atoms with van der Waals surface area (Å²) in [6, 6.07) is 15.6. The van der Waals surface area contributed by atoms with E-state index in [9.17, 15) is 9.59 Å². The smallest absolute Gasteiger partial charge is 0.308 e. The van der Waals surface area contributed by atoms with Gasteiger partial charge >= 0.3 is 5.97 Å². The Kier molecular flexibility index (Phi) is 4.50. The molecule has 0 heterocycles. The Morgan fingerprint density at radius 2 is 1.50 bits per heavy atom. The van der Waals surface area contributed by atoms with Crippen LogP contribution in [0.25, 0.3) is 0 Å². The fraction of sp³-hybridized carbons (Fsp3) is 0.125. The van der Waals surface area contributed by atoms with E-state index in [0.717, 1.165) is 0 Å². The van der Waals surface area contributed by atoms with Crippen LogP contribution in [0.15, 0.2) is 54.6 Å². The molecule has 20 heavy (non-hydrogen) atoms. The van der Waals surface area contributed by atoms with E-state index in [1.807, 2.05) is 6.07 Å². The topological polar surface area (TPSA) is 52.6 Å². The SMILES string of the molecule is CC(=O)Oc1ccccc1OCC(=O)c1ccccc1. The first-order valence-electron chi connectivity index (χ1n) is 6.15. The van der Waals surface area contributed by atoms with Crippen molar-refractivity contribution in [1.82, 2.24) is 0 Å². The van der Waals surface area contributed by atoms with Gasteiger partial charge in [0.1, 0.15) is 0 Å². The average Bonchev–Trinajstić information content (AvgIpc) is 2.46. The molecule has 0 amide bonds. The highest BCUT2D eigenvalue weighted by molar-refractivity contribution is 5.97. The largest absolute Gasteiger partial charge is 0.482 e. The maximum absolute atomic E-state index is 11.9. The average molecular weight is 270 g/mol. The molecule has 0 N–H and O–H groups in total. The molecule has 102 valence electrons. The van der Waals surface area contributed by atoms with Crippen molar-refractivity contribution >= 4 is 11.8 Å². The first-order valence-corrected chi connectivity index (χ1v) is 6.15. The molecule has 0 aliphatic rings. The number of benzene rings is 2. The Morgan fingerprint density at radius 1 is 0.900 bits per heavy atom. The van der Waals surface area contributed by atoms with Crippen LogP contribution in [0.4, 0.5) is 0 Å². The van der Waals surface area contributed by atoms with Crippen molar-refractivity contribution in [1.29, 1.82) is 0 Å². The molecule has 0 radical (unpaired) electrons. The Balaban J connectivity index is 2.04. The van der Waals surface area contributed by atoms with Crippen LogP contribution >= 0.6 is 0 Å². The summed E-state index contributed by atoms with van der Waals surface area (Å²) in [5.41, 5.74) is 0.581. The zero-order valence-corrected chi connectivity index (χ0v) is 11.0. The van der Waals surface area contributed by atoms with Gasteiger partial charge in [0.25, 0.3) is 0 Å². The Morgan fingerprint density at radius 3 is 2.15 bits per heavy atom. The lowest BCUT2D eigenvalue weighted by Gasteiger charge is -2.10. The van der Waals surface area contributed by atoms with E-state index < -0.39 is 5.97 Å². The van der Waals surface area contributed by atoms with E-state index in [4.69, 9.17) is 9.47 Å². The standard InChI is InChI=1S/C16H14O4/c1-12(17)20-16-10-6-5-9-15(16)19-11-14(18)13-7-3-2-4-8-13/h2-10H,11H2,1H3. The third kappa shape index (κ3) is 3.68. The van der Waals surface area contributed by atoms with E-state index >= 15 is 0 Å². The fourth-order valence-electron chi connectivity index (χ4n) is 1.66. The molecule has 2 aromatic rings. The molecule has 2 aromatic carbocycles. The molecule has 2 rings (SSSR count). The molecule has 0 bridgehead atoms. The van der Waals surface area contributed by atoms with Crippen molar-refractivity contribution in [2.75, 3.05) is 6.61 Å². The number of ether oxygens (including phenoxy) is 2. The minimum Gasteiger partial charge on any atom is -0.482 e. The normalized spacial score (nSPS) is 9.85. The summed E-state index contributed by atoms with van der Waals surface area (Å²) in [7, 11) is 0. The molecule has 0 atom stereocenters. The monoisotopic (exact) mass is 270 g/mol. The molecule has 0 aliphatic carbocycles. The predicted molar refractivity (Wildman–Crippen MR) is 74.0 cm³/mol. The number of rotatable bonds is 5. The van der Waals surface area contributed by atoms with Gasteiger partial charge in [-0.2, -0.15) is 0 Å². The predicted octanol–water partition coefficient (Wildman–Crippen LogP) is 2.87. The van der Waals surface area contributed by atoms with Gasteiger partial charge < -0.3 is 9.47 Å². The van der Waals surface area contributed by atoms with Crippen LogP contribution in [0.3, 0.4) is 0 Å². The van der Waals surface area contributed by atoms with Crippen molar-refractivity contribution in [2.45, 2.75) is 6.92 Å². The van der Waals surface area contributed by atoms with E-state index in [0.29, 0.717) is 17.1 Å². The molecule has 0 fully saturated rings. The highest BCUT2D eigenvalue weighted by Gasteiger charge is 2.10. The number of ketones is 1. The first kappa shape index (κ1) is 13.8. The number of hydrogen-bond acceptors (Lipinski definition) is 4. The van der Waals surface area contributed by atoms with Gasteiger partial charge in [0, 0.05) is 12.5 Å². The van der Waals surface area contributed by atoms with Crippen molar-refractivity contribution in [3.63, 3.8) is 0 Å². The van der Waals surface area contributed by atoms with Gasteiger partial charge in [0.05, 0.1) is 0 Å². The van der Waals surface area contributed by atoms with Gasteiger partial charge in [0.2, 0.25) is 0 Å². The summed E-state index contributed by atoms with van der Waals surface area (Å²) in [5.74, 6) is 0.103. The second-order valence-electron chi connectivity index (χ2n) is 4.12. The van der Waals surface area contributed by atoms with E-state index in [1.165, 1.54) is 6.92 Å². The van der Waals surface area contributed by atoms with Crippen LogP contribution in [-0.4, -0.2) is 18.4 Å². The lowest BCUT2D eigenvalue weighted by atomic mass is 10.1. The van der Waals surface area contributed by atoms with Gasteiger partial charge in [-0.15, -0.1) is 0 Å². The molecule has 0 saturated carbocycles. The van der Waals surface area contributed by atoms with Crippen LogP contribution in [0.2, 0.25) is 0 Å². The maximum Gasteiger partial charge on any atom is 0.308 e. The quantitative estimate of drug-likeness (QED) is 0.476. The van der Waals surface area contributed by atoms with Gasteiger partial charge in [-0.25, -0.2) is 0 Å². The zero-order chi connectivity index (χ0) is 14.4. The second kappa shape index (κ2) is 6.52. The lowest BCUT2D eigenvalue weighted by molar-refractivity contribution is -0.132. The van der Waals surface area contributed by atoms with Crippen LogP contribution in [0.5, 0.6) is 11.5 Å². The highest BCUT2D eigenvalue weighted by atomic mass is 16.6. The van der Waals surface area contributed by atoms with Crippen molar-refractivity contribution in [3.8, 4) is 11.5 Å². The van der Waals surface area contributed by atoms with Crippen LogP contribution < -0.4 is 9.47 Å². The minimum absolute atomic E-state index is 0.109. The molecule has 4 heteroatoms. The van der Waals surface area contributed by atoms with E-state index in [-0.39, 0.29) is 12.4 Å². The van der Waals surface area contributed by atoms with Gasteiger partial charge in [0.15, 0.2) is 23.9 Å². The minimum atomic E-state index is -0.435. The third-order valence-corrected chi connectivity index (χ3v) is 2.56. The fourth-order valence-corrected chi connectivity index (χ4v) is 1.66. The van der Waals surface area contributed by atoms with Crippen molar-refractivity contribution < 1.29 is 19.1 Å². The zero-order valence-electron chi connectivity index (χ0n) is 11.0. The molecule has 0 unspecified atom stereocenters. The van der Waals surface area contributed by atoms with Crippen molar-refractivity contribution in [3.05, 3.63) is 60.2 Å². The van der Waals surface area contributed by atoms with Gasteiger partial charge in [-0.3, -0.25) is 9.59 Å². The highest BCUT2D eigenvalue weighted by Crippen LogP contribution is 2.26. The van der Waals surface area contributed by atoms with E-state index in [2.05, 4.69) is 0 Å². The second-order valence-corrected chi connectivity index (χ2v) is 4.12. The molecular formula is C16H14O4. The first-order chi connectivity index (χ1) is 9.66. The molecule has 0 saturated heterocycles. The number of para-hydroxylation sites is 2. The summed E-state index contributed by atoms with van der Waals surface area (Å²) in [5, 5.41) is 0. The van der Waals surface area contributed by atoms with Crippen LogP contribution in [0, 0.1) is 0 Å². The van der Waals surface area contributed by atoms with Crippen LogP contribution in [-0.2, 0) is 4.79 Å². The lowest BCUT2D eigenvalue weighted by Crippen LogP contribution is -2.12. The summed E-state index contributed by atoms with van der Waals surface area (Å²) in [4.78, 5) is 22.9. The summed E-state index contributed by atoms with van der Waals surface area (Å²) in [6.07, 6.45) is 0. The molecule has 4 nitrogen and oxygen atoms in total. The van der Waals surface area contributed by atoms with E-state index in [1.54, 1.807) is 48.5 Å². The van der Waals surface area contributed by atoms with Gasteiger partial charge in [-0.1, -0.05) is 42.5 Å². The Bertz CT molecular complexity index is 605. The summed E-state index contributed by atoms with van der Waals surface area (Å²) < 4.78 is 10.4. The summed E-state index contributed by atoms with van der Waals surface area (Å²) >= 11 is 0. The Hall–Kier alpha value is -2.62. The number of hydrogen-bond donors (Lipinski definition) is 0. The number of esters is 1. The van der Waals surface area contributed by atoms with Crippen molar-refractivity contribution in [2.24, 2.45) is 0 Å². The third-order valence-electron chi connectivity index (χ3n) is 2.56. The number of carbonyl (C=O) groups is 2. The molecule has 0 spiro atoms. The number of carbonyl (C=O) groups excluding carboxylic acids is 2. The molecular weight excluding hydrogens is 256 g/mol. The molecule has 0 aromatic heterocycles. The van der Waals surface area contributed by atoms with Gasteiger partial charge in [-0.05, 0) is 12.1 Å². The van der Waals surface area contributed by atoms with Crippen LogP contribution in [0.1, 0.15) is 17.3 Å².